The Bertz CT molecular complexity index is 836. The third-order valence-corrected chi connectivity index (χ3v) is 4.80. The summed E-state index contributed by atoms with van der Waals surface area (Å²) in [6, 6.07) is 5.24. The second kappa shape index (κ2) is 9.86. The Hall–Kier alpha value is -3.16. The summed E-state index contributed by atoms with van der Waals surface area (Å²) in [7, 11) is 1.56. The molecule has 0 unspecified atom stereocenters. The molecular formula is C21H26N4O4. The fourth-order valence-electron chi connectivity index (χ4n) is 3.11. The van der Waals surface area contributed by atoms with Crippen molar-refractivity contribution in [1.82, 2.24) is 19.8 Å². The van der Waals surface area contributed by atoms with Crippen molar-refractivity contribution in [1.29, 1.82) is 0 Å². The Kier molecular flexibility index (Phi) is 6.99. The molecule has 0 spiro atoms. The first-order valence-electron chi connectivity index (χ1n) is 9.79. The zero-order valence-corrected chi connectivity index (χ0v) is 16.8. The molecular weight excluding hydrogens is 372 g/mol. The van der Waals surface area contributed by atoms with Crippen molar-refractivity contribution in [3.63, 3.8) is 0 Å². The maximum atomic E-state index is 12.9. The van der Waals surface area contributed by atoms with Crippen molar-refractivity contribution >= 4 is 11.8 Å². The highest BCUT2D eigenvalue weighted by atomic mass is 16.5. The second-order valence-electron chi connectivity index (χ2n) is 6.74. The van der Waals surface area contributed by atoms with Gasteiger partial charge in [0, 0.05) is 44.1 Å². The van der Waals surface area contributed by atoms with Crippen LogP contribution in [0.2, 0.25) is 0 Å². The summed E-state index contributed by atoms with van der Waals surface area (Å²) in [5.41, 5.74) is 0.856. The van der Waals surface area contributed by atoms with Crippen LogP contribution in [0.1, 0.15) is 40.6 Å². The number of piperazine rings is 1. The lowest BCUT2D eigenvalue weighted by Crippen LogP contribution is -2.50. The quantitative estimate of drug-likeness (QED) is 0.665. The molecule has 2 amide bonds. The van der Waals surface area contributed by atoms with Crippen LogP contribution in [0.3, 0.4) is 0 Å². The normalized spacial score (nSPS) is 13.9. The number of amides is 2. The summed E-state index contributed by atoms with van der Waals surface area (Å²) < 4.78 is 11.1. The number of unbranched alkanes of at least 4 members (excludes halogenated alkanes) is 1. The Balaban J connectivity index is 1.61. The van der Waals surface area contributed by atoms with Gasteiger partial charge in [0.1, 0.15) is 5.69 Å². The van der Waals surface area contributed by atoms with E-state index in [0.29, 0.717) is 55.5 Å². The van der Waals surface area contributed by atoms with Gasteiger partial charge in [-0.3, -0.25) is 14.6 Å². The Labute approximate surface area is 170 Å². The number of rotatable bonds is 7. The highest BCUT2D eigenvalue weighted by Gasteiger charge is 2.26. The SMILES string of the molecule is CCCCOc1ccc(C(=O)N2CCN(C(=O)c3cnccn3)CC2)cc1OC. The lowest BCUT2D eigenvalue weighted by Gasteiger charge is -2.34. The first kappa shape index (κ1) is 20.6. The molecule has 0 bridgehead atoms. The number of hydrogen-bond donors (Lipinski definition) is 0. The second-order valence-corrected chi connectivity index (χ2v) is 6.74. The van der Waals surface area contributed by atoms with Gasteiger partial charge in [0.2, 0.25) is 0 Å². The number of benzene rings is 1. The first-order chi connectivity index (χ1) is 14.1. The van der Waals surface area contributed by atoms with Crippen LogP contribution in [-0.2, 0) is 0 Å². The van der Waals surface area contributed by atoms with Crippen LogP contribution in [0.5, 0.6) is 11.5 Å². The Morgan fingerprint density at radius 1 is 1.03 bits per heavy atom. The molecule has 1 fully saturated rings. The van der Waals surface area contributed by atoms with Gasteiger partial charge in [-0.1, -0.05) is 13.3 Å². The van der Waals surface area contributed by atoms with Crippen LogP contribution >= 0.6 is 0 Å². The van der Waals surface area contributed by atoms with Crippen molar-refractivity contribution in [3.05, 3.63) is 48.0 Å². The van der Waals surface area contributed by atoms with E-state index < -0.39 is 0 Å². The average Bonchev–Trinajstić information content (AvgIpc) is 2.79. The van der Waals surface area contributed by atoms with E-state index in [0.717, 1.165) is 12.8 Å². The van der Waals surface area contributed by atoms with Crippen LogP contribution in [0, 0.1) is 0 Å². The lowest BCUT2D eigenvalue weighted by atomic mass is 10.1. The molecule has 8 heteroatoms. The summed E-state index contributed by atoms with van der Waals surface area (Å²) in [4.78, 5) is 36.8. The lowest BCUT2D eigenvalue weighted by molar-refractivity contribution is 0.0532. The minimum absolute atomic E-state index is 0.0880. The molecule has 0 saturated carbocycles. The molecule has 1 aliphatic heterocycles. The van der Waals surface area contributed by atoms with Crippen LogP contribution in [-0.4, -0.2) is 71.5 Å². The van der Waals surface area contributed by atoms with Crippen molar-refractivity contribution in [2.24, 2.45) is 0 Å². The van der Waals surface area contributed by atoms with Gasteiger partial charge >= 0.3 is 0 Å². The fraction of sp³-hybridized carbons (Fsp3) is 0.429. The standard InChI is InChI=1S/C21H26N4O4/c1-3-4-13-29-18-6-5-16(14-19(18)28-2)20(26)24-9-11-25(12-10-24)21(27)17-15-22-7-8-23-17/h5-8,14-15H,3-4,9-13H2,1-2H3. The van der Waals surface area contributed by atoms with E-state index in [9.17, 15) is 9.59 Å². The first-order valence-corrected chi connectivity index (χ1v) is 9.79. The van der Waals surface area contributed by atoms with E-state index in [1.54, 1.807) is 35.1 Å². The fourth-order valence-corrected chi connectivity index (χ4v) is 3.11. The van der Waals surface area contributed by atoms with Gasteiger partial charge in [0.05, 0.1) is 19.9 Å². The maximum Gasteiger partial charge on any atom is 0.274 e. The Morgan fingerprint density at radius 3 is 2.38 bits per heavy atom. The summed E-state index contributed by atoms with van der Waals surface area (Å²) in [6.45, 7) is 4.54. The third kappa shape index (κ3) is 5.01. The van der Waals surface area contributed by atoms with E-state index in [-0.39, 0.29) is 11.8 Å². The molecule has 3 rings (SSSR count). The molecule has 0 N–H and O–H groups in total. The van der Waals surface area contributed by atoms with E-state index in [1.807, 2.05) is 0 Å². The highest BCUT2D eigenvalue weighted by molar-refractivity contribution is 5.95. The number of aromatic nitrogens is 2. The van der Waals surface area contributed by atoms with Gasteiger partial charge in [-0.05, 0) is 24.6 Å². The monoisotopic (exact) mass is 398 g/mol. The zero-order valence-electron chi connectivity index (χ0n) is 16.8. The van der Waals surface area contributed by atoms with E-state index in [2.05, 4.69) is 16.9 Å². The molecule has 1 aromatic carbocycles. The summed E-state index contributed by atoms with van der Waals surface area (Å²) in [5.74, 6) is 0.927. The van der Waals surface area contributed by atoms with Gasteiger partial charge < -0.3 is 19.3 Å². The number of carbonyl (C=O) groups excluding carboxylic acids is 2. The smallest absolute Gasteiger partial charge is 0.274 e. The van der Waals surface area contributed by atoms with Gasteiger partial charge in [-0.2, -0.15) is 0 Å². The van der Waals surface area contributed by atoms with Crippen LogP contribution in [0.15, 0.2) is 36.8 Å². The zero-order chi connectivity index (χ0) is 20.6. The molecule has 0 atom stereocenters. The largest absolute Gasteiger partial charge is 0.493 e. The summed E-state index contributed by atoms with van der Waals surface area (Å²) >= 11 is 0. The van der Waals surface area contributed by atoms with E-state index in [4.69, 9.17) is 9.47 Å². The number of nitrogens with zero attached hydrogens (tertiary/aromatic N) is 4. The number of hydrogen-bond acceptors (Lipinski definition) is 6. The number of ether oxygens (including phenoxy) is 2. The minimum atomic E-state index is -0.166. The molecule has 8 nitrogen and oxygen atoms in total. The molecule has 2 heterocycles. The molecule has 0 aliphatic carbocycles. The summed E-state index contributed by atoms with van der Waals surface area (Å²) in [6.07, 6.45) is 6.49. The van der Waals surface area contributed by atoms with Gasteiger partial charge in [-0.15, -0.1) is 0 Å². The van der Waals surface area contributed by atoms with Crippen molar-refractivity contribution in [3.8, 4) is 11.5 Å². The van der Waals surface area contributed by atoms with Crippen LogP contribution < -0.4 is 9.47 Å². The molecule has 2 aromatic rings. The topological polar surface area (TPSA) is 84.9 Å². The van der Waals surface area contributed by atoms with Gasteiger partial charge in [0.15, 0.2) is 11.5 Å². The highest BCUT2D eigenvalue weighted by Crippen LogP contribution is 2.29. The van der Waals surface area contributed by atoms with Crippen molar-refractivity contribution < 1.29 is 19.1 Å². The number of carbonyl (C=O) groups is 2. The molecule has 1 saturated heterocycles. The molecule has 154 valence electrons. The van der Waals surface area contributed by atoms with Crippen molar-refractivity contribution in [2.75, 3.05) is 39.9 Å². The van der Waals surface area contributed by atoms with E-state index >= 15 is 0 Å². The predicted molar refractivity (Wildman–Crippen MR) is 107 cm³/mol. The molecule has 0 radical (unpaired) electrons. The third-order valence-electron chi connectivity index (χ3n) is 4.80. The van der Waals surface area contributed by atoms with E-state index in [1.165, 1.54) is 18.6 Å². The van der Waals surface area contributed by atoms with Crippen LogP contribution in [0.25, 0.3) is 0 Å². The average molecular weight is 398 g/mol. The van der Waals surface area contributed by atoms with Crippen LogP contribution in [0.4, 0.5) is 0 Å². The number of methoxy groups -OCH3 is 1. The predicted octanol–water partition coefficient (Wildman–Crippen LogP) is 2.26. The minimum Gasteiger partial charge on any atom is -0.493 e. The van der Waals surface area contributed by atoms with Gasteiger partial charge in [-0.25, -0.2) is 4.98 Å². The maximum absolute atomic E-state index is 12.9. The molecule has 1 aliphatic rings. The van der Waals surface area contributed by atoms with Crippen molar-refractivity contribution in [2.45, 2.75) is 19.8 Å². The van der Waals surface area contributed by atoms with Gasteiger partial charge in [0.25, 0.3) is 11.8 Å². The molecule has 29 heavy (non-hydrogen) atoms. The molecule has 1 aromatic heterocycles. The summed E-state index contributed by atoms with van der Waals surface area (Å²) in [5, 5.41) is 0. The Morgan fingerprint density at radius 2 is 1.76 bits per heavy atom.